The number of sulfonamides is 1. The van der Waals surface area contributed by atoms with Crippen LogP contribution in [0.5, 0.6) is 0 Å². The average Bonchev–Trinajstić information content (AvgIpc) is 2.85. The zero-order valence-electron chi connectivity index (χ0n) is 13.1. The molecule has 2 aromatic rings. The third-order valence-electron chi connectivity index (χ3n) is 3.89. The molecule has 24 heavy (non-hydrogen) atoms. The van der Waals surface area contributed by atoms with Gasteiger partial charge in [-0.15, -0.1) is 10.2 Å². The van der Waals surface area contributed by atoms with Gasteiger partial charge in [-0.2, -0.15) is 0 Å². The van der Waals surface area contributed by atoms with E-state index in [0.29, 0.717) is 10.9 Å². The van der Waals surface area contributed by atoms with Crippen LogP contribution in [0, 0.1) is 0 Å². The second-order valence-electron chi connectivity index (χ2n) is 6.43. The Bertz CT molecular complexity index is 915. The summed E-state index contributed by atoms with van der Waals surface area (Å²) in [7, 11) is -3.91. The van der Waals surface area contributed by atoms with Gasteiger partial charge in [-0.25, -0.2) is 17.5 Å². The standard InChI is InChI=1S/C15H16BrClFN3O2S/c1-15(2,18)7-19-24(22,23)11-5-8-3-4-10(16)13(8)14-9(11)6-12(17)20-21-14/h5-6,10,19H,3-4,7H2,1-2H3. The van der Waals surface area contributed by atoms with Crippen molar-refractivity contribution in [2.45, 2.75) is 42.1 Å². The first-order valence-electron chi connectivity index (χ1n) is 7.40. The van der Waals surface area contributed by atoms with Crippen molar-refractivity contribution in [3.63, 3.8) is 0 Å². The highest BCUT2D eigenvalue weighted by atomic mass is 79.9. The third kappa shape index (κ3) is 3.42. The van der Waals surface area contributed by atoms with Crippen LogP contribution in [0.3, 0.4) is 0 Å². The Balaban J connectivity index is 2.20. The van der Waals surface area contributed by atoms with Crippen LogP contribution >= 0.6 is 27.5 Å². The van der Waals surface area contributed by atoms with E-state index in [0.717, 1.165) is 24.0 Å². The number of aromatic nitrogens is 2. The molecule has 3 rings (SSSR count). The van der Waals surface area contributed by atoms with Crippen molar-refractivity contribution in [3.05, 3.63) is 28.4 Å². The summed E-state index contributed by atoms with van der Waals surface area (Å²) in [6.45, 7) is 2.31. The Morgan fingerprint density at radius 3 is 2.79 bits per heavy atom. The van der Waals surface area contributed by atoms with Gasteiger partial charge < -0.3 is 0 Å². The van der Waals surface area contributed by atoms with Gasteiger partial charge in [0.15, 0.2) is 5.15 Å². The van der Waals surface area contributed by atoms with Crippen LogP contribution in [-0.2, 0) is 16.4 Å². The lowest BCUT2D eigenvalue weighted by molar-refractivity contribution is 0.221. The Labute approximate surface area is 153 Å². The molecule has 0 saturated carbocycles. The normalized spacial score (nSPS) is 18.1. The summed E-state index contributed by atoms with van der Waals surface area (Å²) in [5, 5.41) is 8.45. The van der Waals surface area contributed by atoms with E-state index in [1.807, 2.05) is 0 Å². The van der Waals surface area contributed by atoms with Gasteiger partial charge in [-0.3, -0.25) is 0 Å². The van der Waals surface area contributed by atoms with E-state index in [4.69, 9.17) is 11.6 Å². The second kappa shape index (κ2) is 6.16. The van der Waals surface area contributed by atoms with E-state index in [1.54, 1.807) is 6.07 Å². The highest BCUT2D eigenvalue weighted by molar-refractivity contribution is 9.09. The van der Waals surface area contributed by atoms with Crippen LogP contribution < -0.4 is 4.72 Å². The molecule has 0 bridgehead atoms. The molecule has 1 unspecified atom stereocenters. The minimum atomic E-state index is -3.91. The number of nitrogens with one attached hydrogen (secondary N) is 1. The van der Waals surface area contributed by atoms with Crippen molar-refractivity contribution in [2.75, 3.05) is 6.54 Å². The van der Waals surface area contributed by atoms with Crippen molar-refractivity contribution in [3.8, 4) is 0 Å². The SMILES string of the molecule is CC(C)(F)CNS(=O)(=O)c1cc2c(c3nnc(Cl)cc13)C(Br)CC2. The quantitative estimate of drug-likeness (QED) is 0.742. The first-order valence-corrected chi connectivity index (χ1v) is 10.2. The lowest BCUT2D eigenvalue weighted by atomic mass is 10.1. The van der Waals surface area contributed by atoms with Crippen molar-refractivity contribution in [2.24, 2.45) is 0 Å². The van der Waals surface area contributed by atoms with Crippen molar-refractivity contribution >= 4 is 48.5 Å². The number of rotatable bonds is 4. The van der Waals surface area contributed by atoms with Crippen molar-refractivity contribution in [1.29, 1.82) is 0 Å². The lowest BCUT2D eigenvalue weighted by Gasteiger charge is -2.17. The molecule has 0 spiro atoms. The smallest absolute Gasteiger partial charge is 0.241 e. The second-order valence-corrected chi connectivity index (χ2v) is 9.65. The molecule has 0 aliphatic heterocycles. The summed E-state index contributed by atoms with van der Waals surface area (Å²) in [5.74, 6) is 0. The largest absolute Gasteiger partial charge is 0.243 e. The van der Waals surface area contributed by atoms with E-state index in [-0.39, 0.29) is 21.4 Å². The third-order valence-corrected chi connectivity index (χ3v) is 6.43. The Hall–Kier alpha value is -0.830. The molecule has 1 aliphatic carbocycles. The number of hydrogen-bond acceptors (Lipinski definition) is 4. The fourth-order valence-electron chi connectivity index (χ4n) is 2.77. The summed E-state index contributed by atoms with van der Waals surface area (Å²) in [6.07, 6.45) is 1.59. The van der Waals surface area contributed by atoms with Crippen LogP contribution in [0.2, 0.25) is 5.15 Å². The van der Waals surface area contributed by atoms with Crippen LogP contribution in [0.4, 0.5) is 4.39 Å². The first kappa shape index (κ1) is 18.0. The number of alkyl halides is 2. The van der Waals surface area contributed by atoms with Gasteiger partial charge in [0.25, 0.3) is 0 Å². The van der Waals surface area contributed by atoms with Gasteiger partial charge in [0, 0.05) is 16.8 Å². The maximum absolute atomic E-state index is 13.7. The van der Waals surface area contributed by atoms with Crippen molar-refractivity contribution < 1.29 is 12.8 Å². The Kier molecular flexibility index (Phi) is 4.61. The van der Waals surface area contributed by atoms with Crippen LogP contribution in [0.25, 0.3) is 10.9 Å². The Morgan fingerprint density at radius 2 is 2.12 bits per heavy atom. The Morgan fingerprint density at radius 1 is 1.42 bits per heavy atom. The molecule has 1 aromatic heterocycles. The molecule has 1 aliphatic rings. The molecule has 1 aromatic carbocycles. The molecule has 1 N–H and O–H groups in total. The molecule has 1 atom stereocenters. The average molecular weight is 437 g/mol. The highest BCUT2D eigenvalue weighted by Gasteiger charge is 2.30. The van der Waals surface area contributed by atoms with E-state index in [1.165, 1.54) is 19.9 Å². The van der Waals surface area contributed by atoms with Gasteiger partial charge in [0.1, 0.15) is 5.67 Å². The lowest BCUT2D eigenvalue weighted by Crippen LogP contribution is -2.35. The molecule has 1 heterocycles. The monoisotopic (exact) mass is 435 g/mol. The summed E-state index contributed by atoms with van der Waals surface area (Å²) >= 11 is 9.51. The number of hydrogen-bond donors (Lipinski definition) is 1. The number of aryl methyl sites for hydroxylation is 1. The van der Waals surface area contributed by atoms with Gasteiger partial charge in [-0.05, 0) is 49.9 Å². The predicted octanol–water partition coefficient (Wildman–Crippen LogP) is 3.69. The fourth-order valence-corrected chi connectivity index (χ4v) is 5.09. The van der Waals surface area contributed by atoms with E-state index < -0.39 is 15.7 Å². The van der Waals surface area contributed by atoms with Gasteiger partial charge in [0.05, 0.1) is 10.4 Å². The van der Waals surface area contributed by atoms with Crippen LogP contribution in [-0.4, -0.2) is 30.8 Å². The van der Waals surface area contributed by atoms with Gasteiger partial charge >= 0.3 is 0 Å². The minimum absolute atomic E-state index is 0.0545. The summed E-state index contributed by atoms with van der Waals surface area (Å²) in [4.78, 5) is 0.152. The minimum Gasteiger partial charge on any atom is -0.243 e. The number of halogens is 3. The van der Waals surface area contributed by atoms with E-state index in [2.05, 4.69) is 30.8 Å². The van der Waals surface area contributed by atoms with E-state index in [9.17, 15) is 12.8 Å². The predicted molar refractivity (Wildman–Crippen MR) is 94.9 cm³/mol. The number of fused-ring (bicyclic) bond motifs is 3. The first-order chi connectivity index (χ1) is 11.1. The molecular weight excluding hydrogens is 421 g/mol. The molecule has 0 fully saturated rings. The molecule has 0 saturated heterocycles. The molecule has 0 radical (unpaired) electrons. The maximum Gasteiger partial charge on any atom is 0.241 e. The fraction of sp³-hybridized carbons (Fsp3) is 0.467. The highest BCUT2D eigenvalue weighted by Crippen LogP contribution is 2.43. The van der Waals surface area contributed by atoms with Crippen LogP contribution in [0.15, 0.2) is 17.0 Å². The summed E-state index contributed by atoms with van der Waals surface area (Å²) in [6, 6.07) is 3.11. The van der Waals surface area contributed by atoms with Crippen LogP contribution in [0.1, 0.15) is 36.2 Å². The number of benzene rings is 1. The molecular formula is C15H16BrClFN3O2S. The van der Waals surface area contributed by atoms with E-state index >= 15 is 0 Å². The number of nitrogens with zero attached hydrogens (tertiary/aromatic N) is 2. The summed E-state index contributed by atoms with van der Waals surface area (Å²) in [5.41, 5.74) is 0.703. The molecule has 9 heteroatoms. The molecule has 0 amide bonds. The summed E-state index contributed by atoms with van der Waals surface area (Å²) < 4.78 is 41.4. The van der Waals surface area contributed by atoms with Gasteiger partial charge in [0.2, 0.25) is 10.0 Å². The van der Waals surface area contributed by atoms with Gasteiger partial charge in [-0.1, -0.05) is 27.5 Å². The van der Waals surface area contributed by atoms with Crippen molar-refractivity contribution in [1.82, 2.24) is 14.9 Å². The molecule has 130 valence electrons. The maximum atomic E-state index is 13.7. The zero-order chi connectivity index (χ0) is 17.7. The molecule has 5 nitrogen and oxygen atoms in total. The topological polar surface area (TPSA) is 72.0 Å². The zero-order valence-corrected chi connectivity index (χ0v) is 16.3.